The van der Waals surface area contributed by atoms with Crippen molar-refractivity contribution >= 4 is 0 Å². The second-order valence-electron chi connectivity index (χ2n) is 3.62. The number of benzene rings is 2. The Labute approximate surface area is 82.6 Å². The lowest BCUT2D eigenvalue weighted by atomic mass is 10.0. The molecule has 1 nitrogen and oxygen atoms in total. The van der Waals surface area contributed by atoms with Gasteiger partial charge in [-0.15, -0.1) is 0 Å². The van der Waals surface area contributed by atoms with Gasteiger partial charge in [-0.1, -0.05) is 54.6 Å². The van der Waals surface area contributed by atoms with Crippen LogP contribution in [0.15, 0.2) is 54.6 Å². The lowest BCUT2D eigenvalue weighted by Crippen LogP contribution is -2.07. The van der Waals surface area contributed by atoms with Crippen LogP contribution in [0.4, 0.5) is 0 Å². The van der Waals surface area contributed by atoms with Gasteiger partial charge < -0.3 is 5.11 Å². The van der Waals surface area contributed by atoms with E-state index in [1.54, 1.807) is 0 Å². The van der Waals surface area contributed by atoms with E-state index in [2.05, 4.69) is 0 Å². The molecule has 2 aromatic rings. The van der Waals surface area contributed by atoms with Gasteiger partial charge in [0.05, 0.1) is 0 Å². The van der Waals surface area contributed by atoms with Crippen LogP contribution in [0.25, 0.3) is 0 Å². The van der Waals surface area contributed by atoms with E-state index in [0.29, 0.717) is 0 Å². The fraction of sp³-hybridized carbons (Fsp3) is 0.0769. The van der Waals surface area contributed by atoms with Crippen molar-refractivity contribution in [2.24, 2.45) is 0 Å². The predicted octanol–water partition coefficient (Wildman–Crippen LogP) is 2.28. The molecule has 2 aromatic carbocycles. The molecule has 1 aliphatic rings. The number of fused-ring (bicyclic) bond motifs is 1. The van der Waals surface area contributed by atoms with Crippen LogP contribution >= 0.6 is 0 Å². The Balaban J connectivity index is 2.13. The first-order chi connectivity index (χ1) is 6.83. The van der Waals surface area contributed by atoms with E-state index in [4.69, 9.17) is 0 Å². The number of hydrogen-bond acceptors (Lipinski definition) is 1. The van der Waals surface area contributed by atoms with E-state index in [1.165, 1.54) is 0 Å². The summed E-state index contributed by atoms with van der Waals surface area (Å²) < 4.78 is 0. The molecule has 14 heavy (non-hydrogen) atoms. The van der Waals surface area contributed by atoms with Gasteiger partial charge >= 0.3 is 0 Å². The van der Waals surface area contributed by atoms with Gasteiger partial charge in [0.25, 0.3) is 0 Å². The molecule has 3 rings (SSSR count). The molecule has 0 heterocycles. The summed E-state index contributed by atoms with van der Waals surface area (Å²) in [5.41, 5.74) is 2.23. The minimum absolute atomic E-state index is 0.801. The molecule has 1 aliphatic carbocycles. The van der Waals surface area contributed by atoms with Crippen molar-refractivity contribution in [3.8, 4) is 0 Å². The third-order valence-electron chi connectivity index (χ3n) is 2.84. The van der Waals surface area contributed by atoms with Crippen molar-refractivity contribution in [3.63, 3.8) is 0 Å². The van der Waals surface area contributed by atoms with Gasteiger partial charge in [0.1, 0.15) is 5.60 Å². The van der Waals surface area contributed by atoms with Crippen LogP contribution in [0.2, 0.25) is 0 Å². The Morgan fingerprint density at radius 1 is 0.714 bits per heavy atom. The van der Waals surface area contributed by atoms with Crippen molar-refractivity contribution in [2.75, 3.05) is 0 Å². The monoisotopic (exact) mass is 182 g/mol. The molecular formula is C13H10O. The molecular weight excluding hydrogens is 172 g/mol. The summed E-state index contributed by atoms with van der Waals surface area (Å²) in [4.78, 5) is 0. The molecule has 0 unspecified atom stereocenters. The largest absolute Gasteiger partial charge is 0.376 e. The molecule has 0 radical (unpaired) electrons. The lowest BCUT2D eigenvalue weighted by Gasteiger charge is -2.08. The zero-order valence-corrected chi connectivity index (χ0v) is 7.64. The van der Waals surface area contributed by atoms with E-state index in [9.17, 15) is 5.11 Å². The SMILES string of the molecule is OC1(c2ccccc2)c2ccccc21. The molecule has 0 saturated heterocycles. The average Bonchev–Trinajstić information content (AvgIpc) is 2.89. The maximum absolute atomic E-state index is 10.4. The second-order valence-corrected chi connectivity index (χ2v) is 3.62. The fourth-order valence-corrected chi connectivity index (χ4v) is 2.02. The lowest BCUT2D eigenvalue weighted by molar-refractivity contribution is 0.177. The van der Waals surface area contributed by atoms with Crippen LogP contribution in [-0.4, -0.2) is 5.11 Å². The molecule has 0 aromatic heterocycles. The van der Waals surface area contributed by atoms with Gasteiger partial charge in [-0.3, -0.25) is 0 Å². The predicted molar refractivity (Wildman–Crippen MR) is 55.0 cm³/mol. The average molecular weight is 182 g/mol. The third kappa shape index (κ3) is 0.824. The van der Waals surface area contributed by atoms with Crippen molar-refractivity contribution in [2.45, 2.75) is 5.60 Å². The first-order valence-corrected chi connectivity index (χ1v) is 4.71. The zero-order chi connectivity index (χ0) is 9.60. The summed E-state index contributed by atoms with van der Waals surface area (Å²) in [7, 11) is 0. The normalized spacial score (nSPS) is 16.1. The molecule has 1 N–H and O–H groups in total. The van der Waals surface area contributed by atoms with E-state index in [1.807, 2.05) is 54.6 Å². The Hall–Kier alpha value is -1.60. The quantitative estimate of drug-likeness (QED) is 0.717. The van der Waals surface area contributed by atoms with Crippen LogP contribution in [-0.2, 0) is 5.60 Å². The molecule has 0 amide bonds. The zero-order valence-electron chi connectivity index (χ0n) is 7.64. The maximum atomic E-state index is 10.4. The Morgan fingerprint density at radius 2 is 1.21 bits per heavy atom. The first kappa shape index (κ1) is 7.77. The molecule has 1 heteroatoms. The summed E-state index contributed by atoms with van der Waals surface area (Å²) in [6, 6.07) is 17.6. The molecule has 0 bridgehead atoms. The fourth-order valence-electron chi connectivity index (χ4n) is 2.02. The molecule has 0 aliphatic heterocycles. The van der Waals surface area contributed by atoms with Gasteiger partial charge in [-0.2, -0.15) is 0 Å². The van der Waals surface area contributed by atoms with E-state index >= 15 is 0 Å². The van der Waals surface area contributed by atoms with Gasteiger partial charge in [-0.25, -0.2) is 0 Å². The highest BCUT2D eigenvalue weighted by molar-refractivity contribution is 5.63. The highest BCUT2D eigenvalue weighted by Crippen LogP contribution is 2.51. The summed E-state index contributed by atoms with van der Waals surface area (Å²) in [6.07, 6.45) is 0. The minimum atomic E-state index is -0.801. The number of rotatable bonds is 1. The topological polar surface area (TPSA) is 20.2 Å². The van der Waals surface area contributed by atoms with Gasteiger partial charge in [-0.05, 0) is 16.7 Å². The van der Waals surface area contributed by atoms with Gasteiger partial charge in [0.15, 0.2) is 0 Å². The van der Waals surface area contributed by atoms with Crippen molar-refractivity contribution in [1.29, 1.82) is 0 Å². The molecule has 68 valence electrons. The van der Waals surface area contributed by atoms with Crippen molar-refractivity contribution in [1.82, 2.24) is 0 Å². The summed E-state index contributed by atoms with van der Waals surface area (Å²) in [6.45, 7) is 0. The van der Waals surface area contributed by atoms with Crippen LogP contribution in [0.3, 0.4) is 0 Å². The van der Waals surface area contributed by atoms with Crippen LogP contribution in [0, 0.1) is 0 Å². The summed E-state index contributed by atoms with van der Waals surface area (Å²) >= 11 is 0. The number of hydrogen-bond donors (Lipinski definition) is 1. The second kappa shape index (κ2) is 2.46. The van der Waals surface area contributed by atoms with E-state index in [-0.39, 0.29) is 0 Å². The highest BCUT2D eigenvalue weighted by Gasteiger charge is 2.49. The molecule has 0 saturated carbocycles. The van der Waals surface area contributed by atoms with Crippen molar-refractivity contribution < 1.29 is 5.11 Å². The maximum Gasteiger partial charge on any atom is 0.141 e. The summed E-state index contributed by atoms with van der Waals surface area (Å²) in [5, 5.41) is 10.4. The van der Waals surface area contributed by atoms with E-state index in [0.717, 1.165) is 16.7 Å². The molecule has 0 fully saturated rings. The Kier molecular flexibility index (Phi) is 1.36. The highest BCUT2D eigenvalue weighted by atomic mass is 16.3. The Bertz CT molecular complexity index is 451. The molecule has 0 spiro atoms. The van der Waals surface area contributed by atoms with Crippen LogP contribution in [0.5, 0.6) is 0 Å². The van der Waals surface area contributed by atoms with E-state index < -0.39 is 5.60 Å². The summed E-state index contributed by atoms with van der Waals surface area (Å²) in [5.74, 6) is 0. The first-order valence-electron chi connectivity index (χ1n) is 4.71. The van der Waals surface area contributed by atoms with Gasteiger partial charge in [0, 0.05) is 0 Å². The third-order valence-corrected chi connectivity index (χ3v) is 2.84. The minimum Gasteiger partial charge on any atom is -0.376 e. The molecule has 0 atom stereocenters. The van der Waals surface area contributed by atoms with Gasteiger partial charge in [0.2, 0.25) is 0 Å². The number of aliphatic hydroxyl groups is 1. The Morgan fingerprint density at radius 3 is 1.79 bits per heavy atom. The van der Waals surface area contributed by atoms with Crippen molar-refractivity contribution in [3.05, 3.63) is 71.3 Å². The van der Waals surface area contributed by atoms with Crippen LogP contribution < -0.4 is 0 Å². The smallest absolute Gasteiger partial charge is 0.141 e. The van der Waals surface area contributed by atoms with Crippen LogP contribution in [0.1, 0.15) is 16.7 Å². The standard InChI is InChI=1S/C13H10O/c14-13(10-6-2-1-3-7-10)11-8-4-5-9-12(11)13/h1-9,14H.